The molecule has 15 heavy (non-hydrogen) atoms. The molecule has 0 unspecified atom stereocenters. The highest BCUT2D eigenvalue weighted by Crippen LogP contribution is 2.33. The summed E-state index contributed by atoms with van der Waals surface area (Å²) in [7, 11) is 3.45. The third kappa shape index (κ3) is 3.31. The van der Waals surface area contributed by atoms with E-state index < -0.39 is 11.2 Å². The summed E-state index contributed by atoms with van der Waals surface area (Å²) in [5.74, 6) is 0. The molecule has 1 N–H and O–H groups in total. The Balaban J connectivity index is 2.67. The largest absolute Gasteiger partial charge is 0.445 e. The number of aromatic nitrogens is 2. The van der Waals surface area contributed by atoms with Crippen LogP contribution in [-0.4, -0.2) is 37.4 Å². The zero-order chi connectivity index (χ0) is 11.5. The number of nitrogens with one attached hydrogen (secondary N) is 1. The lowest BCUT2D eigenvalue weighted by molar-refractivity contribution is -0.138. The SMILES string of the molecule is CNCCN(C)c1nnc(C(F)(F)F)s1. The molecule has 0 bridgehead atoms. The van der Waals surface area contributed by atoms with Gasteiger partial charge in [0, 0.05) is 20.1 Å². The second kappa shape index (κ2) is 4.75. The van der Waals surface area contributed by atoms with E-state index in [1.807, 2.05) is 0 Å². The minimum absolute atomic E-state index is 0.276. The van der Waals surface area contributed by atoms with Gasteiger partial charge in [-0.3, -0.25) is 0 Å². The van der Waals surface area contributed by atoms with Crippen LogP contribution in [0.1, 0.15) is 5.01 Å². The fourth-order valence-corrected chi connectivity index (χ4v) is 1.56. The van der Waals surface area contributed by atoms with Crippen LogP contribution in [0.4, 0.5) is 18.3 Å². The van der Waals surface area contributed by atoms with Crippen LogP contribution in [0.2, 0.25) is 0 Å². The van der Waals surface area contributed by atoms with Crippen LogP contribution in [0.5, 0.6) is 0 Å². The molecule has 0 radical (unpaired) electrons. The molecule has 86 valence electrons. The number of likely N-dealkylation sites (N-methyl/N-ethyl adjacent to an activating group) is 2. The van der Waals surface area contributed by atoms with Gasteiger partial charge in [0.1, 0.15) is 0 Å². The van der Waals surface area contributed by atoms with Crippen LogP contribution in [0.15, 0.2) is 0 Å². The Morgan fingerprint density at radius 2 is 2.07 bits per heavy atom. The number of hydrogen-bond donors (Lipinski definition) is 1. The average Bonchev–Trinajstić information content (AvgIpc) is 2.62. The Bertz CT molecular complexity index is 311. The predicted octanol–water partition coefficient (Wildman–Crippen LogP) is 1.21. The molecule has 0 aliphatic rings. The summed E-state index contributed by atoms with van der Waals surface area (Å²) >= 11 is 0.549. The Morgan fingerprint density at radius 3 is 2.53 bits per heavy atom. The smallest absolute Gasteiger partial charge is 0.348 e. The predicted molar refractivity (Wildman–Crippen MR) is 52.1 cm³/mol. The number of halogens is 3. The molecule has 0 spiro atoms. The van der Waals surface area contributed by atoms with Gasteiger partial charge in [0.25, 0.3) is 0 Å². The summed E-state index contributed by atoms with van der Waals surface area (Å²) in [5, 5.41) is 8.85. The summed E-state index contributed by atoms with van der Waals surface area (Å²) in [6.07, 6.45) is -4.40. The first kappa shape index (κ1) is 12.2. The van der Waals surface area contributed by atoms with Crippen molar-refractivity contribution in [2.75, 3.05) is 32.1 Å². The molecule has 1 aromatic heterocycles. The van der Waals surface area contributed by atoms with E-state index in [0.717, 1.165) is 0 Å². The first-order valence-electron chi connectivity index (χ1n) is 4.21. The zero-order valence-electron chi connectivity index (χ0n) is 8.30. The number of alkyl halides is 3. The Labute approximate surface area is 89.1 Å². The Kier molecular flexibility index (Phi) is 3.86. The second-order valence-electron chi connectivity index (χ2n) is 2.91. The summed E-state index contributed by atoms with van der Waals surface area (Å²) in [6.45, 7) is 1.26. The van der Waals surface area contributed by atoms with Gasteiger partial charge in [-0.25, -0.2) is 0 Å². The first-order chi connectivity index (χ1) is 6.95. The lowest BCUT2D eigenvalue weighted by atomic mass is 10.6. The molecule has 0 fully saturated rings. The Hall–Kier alpha value is -0.890. The van der Waals surface area contributed by atoms with Gasteiger partial charge in [-0.15, -0.1) is 10.2 Å². The maximum Gasteiger partial charge on any atom is 0.445 e. The first-order valence-corrected chi connectivity index (χ1v) is 5.03. The maximum absolute atomic E-state index is 12.2. The van der Waals surface area contributed by atoms with Crippen LogP contribution in [0.3, 0.4) is 0 Å². The van der Waals surface area contributed by atoms with Crippen LogP contribution in [-0.2, 0) is 6.18 Å². The van der Waals surface area contributed by atoms with Gasteiger partial charge in [-0.2, -0.15) is 13.2 Å². The molecular formula is C7H11F3N4S. The van der Waals surface area contributed by atoms with Crippen LogP contribution < -0.4 is 10.2 Å². The summed E-state index contributed by atoms with van der Waals surface area (Å²) < 4.78 is 36.6. The van der Waals surface area contributed by atoms with Gasteiger partial charge >= 0.3 is 6.18 Å². The monoisotopic (exact) mass is 240 g/mol. The molecule has 0 saturated carbocycles. The highest BCUT2D eigenvalue weighted by atomic mass is 32.1. The van der Waals surface area contributed by atoms with Crippen LogP contribution >= 0.6 is 11.3 Å². The van der Waals surface area contributed by atoms with E-state index in [2.05, 4.69) is 15.5 Å². The van der Waals surface area contributed by atoms with E-state index >= 15 is 0 Å². The normalized spacial score (nSPS) is 11.8. The molecular weight excluding hydrogens is 229 g/mol. The van der Waals surface area contributed by atoms with E-state index in [-0.39, 0.29) is 5.13 Å². The average molecular weight is 240 g/mol. The molecule has 1 rings (SSSR count). The van der Waals surface area contributed by atoms with Crippen molar-refractivity contribution in [2.45, 2.75) is 6.18 Å². The molecule has 1 aromatic rings. The standard InChI is InChI=1S/C7H11F3N4S/c1-11-3-4-14(2)6-13-12-5(15-6)7(8,9)10/h11H,3-4H2,1-2H3. The third-order valence-corrected chi connectivity index (χ3v) is 2.76. The van der Waals surface area contributed by atoms with Crippen LogP contribution in [0, 0.1) is 0 Å². The van der Waals surface area contributed by atoms with E-state index in [1.54, 1.807) is 19.0 Å². The van der Waals surface area contributed by atoms with Crippen molar-refractivity contribution in [3.8, 4) is 0 Å². The summed E-state index contributed by atoms with van der Waals surface area (Å²) in [4.78, 5) is 1.63. The van der Waals surface area contributed by atoms with E-state index in [1.165, 1.54) is 0 Å². The quantitative estimate of drug-likeness (QED) is 0.859. The Morgan fingerprint density at radius 1 is 1.40 bits per heavy atom. The van der Waals surface area contributed by atoms with Crippen molar-refractivity contribution < 1.29 is 13.2 Å². The number of rotatable bonds is 4. The van der Waals surface area contributed by atoms with E-state index in [4.69, 9.17) is 0 Å². The van der Waals surface area contributed by atoms with Crippen molar-refractivity contribution in [2.24, 2.45) is 0 Å². The lowest BCUT2D eigenvalue weighted by Gasteiger charge is -2.13. The molecule has 0 saturated heterocycles. The van der Waals surface area contributed by atoms with Crippen molar-refractivity contribution in [3.63, 3.8) is 0 Å². The molecule has 0 amide bonds. The van der Waals surface area contributed by atoms with E-state index in [9.17, 15) is 13.2 Å². The van der Waals surface area contributed by atoms with Crippen LogP contribution in [0.25, 0.3) is 0 Å². The molecule has 4 nitrogen and oxygen atoms in total. The fourth-order valence-electron chi connectivity index (χ4n) is 0.859. The second-order valence-corrected chi connectivity index (χ2v) is 3.87. The van der Waals surface area contributed by atoms with Gasteiger partial charge in [0.05, 0.1) is 0 Å². The highest BCUT2D eigenvalue weighted by Gasteiger charge is 2.35. The lowest BCUT2D eigenvalue weighted by Crippen LogP contribution is -2.26. The zero-order valence-corrected chi connectivity index (χ0v) is 9.11. The summed E-state index contributed by atoms with van der Waals surface area (Å²) in [6, 6.07) is 0. The maximum atomic E-state index is 12.2. The minimum Gasteiger partial charge on any atom is -0.348 e. The highest BCUT2D eigenvalue weighted by molar-refractivity contribution is 7.15. The van der Waals surface area contributed by atoms with Gasteiger partial charge in [0.2, 0.25) is 10.1 Å². The molecule has 8 heteroatoms. The number of anilines is 1. The molecule has 0 aliphatic carbocycles. The topological polar surface area (TPSA) is 41.0 Å². The van der Waals surface area contributed by atoms with Gasteiger partial charge in [-0.1, -0.05) is 11.3 Å². The molecule has 0 aromatic carbocycles. The fraction of sp³-hybridized carbons (Fsp3) is 0.714. The molecule has 1 heterocycles. The minimum atomic E-state index is -4.40. The van der Waals surface area contributed by atoms with Crippen molar-refractivity contribution >= 4 is 16.5 Å². The van der Waals surface area contributed by atoms with Gasteiger partial charge < -0.3 is 10.2 Å². The molecule has 0 atom stereocenters. The van der Waals surface area contributed by atoms with Crippen molar-refractivity contribution in [1.82, 2.24) is 15.5 Å². The van der Waals surface area contributed by atoms with E-state index in [0.29, 0.717) is 24.4 Å². The van der Waals surface area contributed by atoms with Gasteiger partial charge in [-0.05, 0) is 7.05 Å². The third-order valence-electron chi connectivity index (χ3n) is 1.68. The van der Waals surface area contributed by atoms with Gasteiger partial charge in [0.15, 0.2) is 0 Å². The van der Waals surface area contributed by atoms with Crippen molar-refractivity contribution in [1.29, 1.82) is 0 Å². The number of nitrogens with zero attached hydrogens (tertiary/aromatic N) is 3. The number of hydrogen-bond acceptors (Lipinski definition) is 5. The molecule has 0 aliphatic heterocycles. The van der Waals surface area contributed by atoms with Crippen molar-refractivity contribution in [3.05, 3.63) is 5.01 Å². The summed E-state index contributed by atoms with van der Waals surface area (Å²) in [5.41, 5.74) is 0.